The summed E-state index contributed by atoms with van der Waals surface area (Å²) >= 11 is 5.49. The van der Waals surface area contributed by atoms with E-state index in [4.69, 9.17) is 16.1 Å². The third-order valence-corrected chi connectivity index (χ3v) is 5.99. The smallest absolute Gasteiger partial charge is 0.276 e. The van der Waals surface area contributed by atoms with Crippen LogP contribution in [0.2, 0.25) is 0 Å². The van der Waals surface area contributed by atoms with E-state index in [1.807, 2.05) is 11.0 Å². The number of piperidine rings is 1. The Morgan fingerprint density at radius 1 is 1.35 bits per heavy atom. The van der Waals surface area contributed by atoms with Crippen LogP contribution in [0.3, 0.4) is 0 Å². The van der Waals surface area contributed by atoms with Gasteiger partial charge in [-0.3, -0.25) is 9.59 Å². The highest BCUT2D eigenvalue weighted by Crippen LogP contribution is 2.37. The molecule has 7 heteroatoms. The van der Waals surface area contributed by atoms with E-state index >= 15 is 0 Å². The minimum absolute atomic E-state index is 0.0140. The number of hydrogen-bond acceptors (Lipinski definition) is 4. The molecule has 2 amide bonds. The molecule has 1 aliphatic carbocycles. The van der Waals surface area contributed by atoms with Crippen LogP contribution >= 0.6 is 11.6 Å². The second kappa shape index (κ2) is 8.89. The number of amides is 2. The molecule has 2 fully saturated rings. The first kappa shape index (κ1) is 19.2. The van der Waals surface area contributed by atoms with E-state index in [0.717, 1.165) is 50.8 Å². The predicted molar refractivity (Wildman–Crippen MR) is 99.3 cm³/mol. The SMILES string of the molecule is CC1CCCN(C(=O)c2cc(C3CCC3)on2)C1CCCNC(=O)CCl. The fourth-order valence-electron chi connectivity index (χ4n) is 3.95. The summed E-state index contributed by atoms with van der Waals surface area (Å²) in [6.45, 7) is 3.55. The van der Waals surface area contributed by atoms with Crippen LogP contribution in [0.4, 0.5) is 0 Å². The van der Waals surface area contributed by atoms with Crippen LogP contribution in [0.1, 0.15) is 74.0 Å². The van der Waals surface area contributed by atoms with Crippen molar-refractivity contribution in [1.29, 1.82) is 0 Å². The van der Waals surface area contributed by atoms with Crippen molar-refractivity contribution in [2.75, 3.05) is 19.0 Å². The Morgan fingerprint density at radius 3 is 2.85 bits per heavy atom. The van der Waals surface area contributed by atoms with Crippen LogP contribution in [0.15, 0.2) is 10.6 Å². The summed E-state index contributed by atoms with van der Waals surface area (Å²) in [6.07, 6.45) is 7.30. The van der Waals surface area contributed by atoms with Gasteiger partial charge < -0.3 is 14.7 Å². The zero-order valence-corrected chi connectivity index (χ0v) is 16.1. The monoisotopic (exact) mass is 381 g/mol. The van der Waals surface area contributed by atoms with Gasteiger partial charge in [0.05, 0.1) is 0 Å². The fourth-order valence-corrected chi connectivity index (χ4v) is 4.04. The molecule has 0 bridgehead atoms. The number of alkyl halides is 1. The average molecular weight is 382 g/mol. The third kappa shape index (κ3) is 4.40. The van der Waals surface area contributed by atoms with Crippen LogP contribution in [0.25, 0.3) is 0 Å². The molecule has 0 spiro atoms. The van der Waals surface area contributed by atoms with Crippen LogP contribution < -0.4 is 5.32 Å². The van der Waals surface area contributed by atoms with E-state index in [0.29, 0.717) is 24.1 Å². The molecule has 26 heavy (non-hydrogen) atoms. The summed E-state index contributed by atoms with van der Waals surface area (Å²) in [5.41, 5.74) is 0.432. The lowest BCUT2D eigenvalue weighted by atomic mass is 9.83. The van der Waals surface area contributed by atoms with E-state index < -0.39 is 0 Å². The van der Waals surface area contributed by atoms with E-state index in [-0.39, 0.29) is 23.7 Å². The lowest BCUT2D eigenvalue weighted by Crippen LogP contribution is -2.48. The third-order valence-electron chi connectivity index (χ3n) is 5.75. The van der Waals surface area contributed by atoms with Gasteiger partial charge in [-0.2, -0.15) is 0 Å². The van der Waals surface area contributed by atoms with E-state index in [1.165, 1.54) is 6.42 Å². The van der Waals surface area contributed by atoms with Crippen molar-refractivity contribution in [3.8, 4) is 0 Å². The highest BCUT2D eigenvalue weighted by Gasteiger charge is 2.34. The number of nitrogens with zero attached hydrogens (tertiary/aromatic N) is 2. The summed E-state index contributed by atoms with van der Waals surface area (Å²) in [7, 11) is 0. The molecule has 1 N–H and O–H groups in total. The number of nitrogens with one attached hydrogen (secondary N) is 1. The molecule has 2 aliphatic rings. The minimum atomic E-state index is -0.151. The predicted octanol–water partition coefficient (Wildman–Crippen LogP) is 3.32. The number of carbonyl (C=O) groups excluding carboxylic acids is 2. The van der Waals surface area contributed by atoms with Crippen LogP contribution in [-0.2, 0) is 4.79 Å². The number of aromatic nitrogens is 1. The zero-order valence-electron chi connectivity index (χ0n) is 15.4. The number of likely N-dealkylation sites (tertiary alicyclic amines) is 1. The molecule has 1 saturated carbocycles. The largest absolute Gasteiger partial charge is 0.360 e. The molecule has 0 aromatic carbocycles. The Bertz CT molecular complexity index is 629. The maximum absolute atomic E-state index is 13.0. The zero-order chi connectivity index (χ0) is 18.5. The van der Waals surface area contributed by atoms with Gasteiger partial charge in [0, 0.05) is 31.1 Å². The van der Waals surface area contributed by atoms with Crippen molar-refractivity contribution in [1.82, 2.24) is 15.4 Å². The molecule has 1 aliphatic heterocycles. The molecule has 6 nitrogen and oxygen atoms in total. The Morgan fingerprint density at radius 2 is 2.15 bits per heavy atom. The number of rotatable bonds is 7. The van der Waals surface area contributed by atoms with Gasteiger partial charge in [-0.15, -0.1) is 11.6 Å². The standard InChI is InChI=1S/C19H28ClN3O3/c1-13-5-4-10-23(16(13)8-3-9-21-18(24)12-20)19(25)15-11-17(26-22-15)14-6-2-7-14/h11,13-14,16H,2-10,12H2,1H3,(H,21,24). The van der Waals surface area contributed by atoms with E-state index in [9.17, 15) is 9.59 Å². The Balaban J connectivity index is 1.60. The molecular formula is C19H28ClN3O3. The average Bonchev–Trinajstić information content (AvgIpc) is 3.06. The lowest BCUT2D eigenvalue weighted by Gasteiger charge is -2.40. The Kier molecular flexibility index (Phi) is 6.57. The fraction of sp³-hybridized carbons (Fsp3) is 0.737. The van der Waals surface area contributed by atoms with Gasteiger partial charge >= 0.3 is 0 Å². The van der Waals surface area contributed by atoms with Crippen molar-refractivity contribution in [3.63, 3.8) is 0 Å². The van der Waals surface area contributed by atoms with Gasteiger partial charge in [-0.1, -0.05) is 18.5 Å². The molecule has 144 valence electrons. The molecule has 0 radical (unpaired) electrons. The molecule has 2 atom stereocenters. The number of carbonyl (C=O) groups is 2. The molecule has 1 aromatic rings. The summed E-state index contributed by atoms with van der Waals surface area (Å²) in [5.74, 6) is 1.54. The van der Waals surface area contributed by atoms with Crippen LogP contribution in [0.5, 0.6) is 0 Å². The van der Waals surface area contributed by atoms with Gasteiger partial charge in [0.25, 0.3) is 5.91 Å². The first-order valence-electron chi connectivity index (χ1n) is 9.70. The maximum atomic E-state index is 13.0. The lowest BCUT2D eigenvalue weighted by molar-refractivity contribution is -0.118. The Hall–Kier alpha value is -1.56. The summed E-state index contributed by atoms with van der Waals surface area (Å²) < 4.78 is 5.42. The number of hydrogen-bond donors (Lipinski definition) is 1. The van der Waals surface area contributed by atoms with E-state index in [2.05, 4.69) is 17.4 Å². The van der Waals surface area contributed by atoms with Crippen molar-refractivity contribution in [3.05, 3.63) is 17.5 Å². The maximum Gasteiger partial charge on any atom is 0.276 e. The summed E-state index contributed by atoms with van der Waals surface area (Å²) in [5, 5.41) is 6.84. The second-order valence-corrected chi connectivity index (χ2v) is 7.82. The normalized spacial score (nSPS) is 23.5. The second-order valence-electron chi connectivity index (χ2n) is 7.55. The molecule has 1 saturated heterocycles. The van der Waals surface area contributed by atoms with Crippen molar-refractivity contribution < 1.29 is 14.1 Å². The Labute approximate surface area is 159 Å². The topological polar surface area (TPSA) is 75.4 Å². The van der Waals surface area contributed by atoms with Gasteiger partial charge in [0.1, 0.15) is 11.6 Å². The van der Waals surface area contributed by atoms with Crippen molar-refractivity contribution >= 4 is 23.4 Å². The quantitative estimate of drug-likeness (QED) is 0.580. The molecule has 1 aromatic heterocycles. The first-order valence-corrected chi connectivity index (χ1v) is 10.2. The molecular weight excluding hydrogens is 354 g/mol. The van der Waals surface area contributed by atoms with Crippen molar-refractivity contribution in [2.45, 2.75) is 63.8 Å². The van der Waals surface area contributed by atoms with Crippen LogP contribution in [0, 0.1) is 5.92 Å². The van der Waals surface area contributed by atoms with E-state index in [1.54, 1.807) is 0 Å². The highest BCUT2D eigenvalue weighted by atomic mass is 35.5. The number of halogens is 1. The summed E-state index contributed by atoms with van der Waals surface area (Å²) in [6, 6.07) is 2.01. The van der Waals surface area contributed by atoms with Crippen LogP contribution in [-0.4, -0.2) is 46.9 Å². The molecule has 3 rings (SSSR count). The molecule has 2 unspecified atom stereocenters. The first-order chi connectivity index (χ1) is 12.6. The van der Waals surface area contributed by atoms with Gasteiger partial charge in [-0.05, 0) is 44.4 Å². The van der Waals surface area contributed by atoms with Gasteiger partial charge in [-0.25, -0.2) is 0 Å². The van der Waals surface area contributed by atoms with Gasteiger partial charge in [0.15, 0.2) is 5.69 Å². The highest BCUT2D eigenvalue weighted by molar-refractivity contribution is 6.27. The van der Waals surface area contributed by atoms with Crippen molar-refractivity contribution in [2.24, 2.45) is 5.92 Å². The van der Waals surface area contributed by atoms with Gasteiger partial charge in [0.2, 0.25) is 5.91 Å². The minimum Gasteiger partial charge on any atom is -0.360 e. The molecule has 2 heterocycles. The summed E-state index contributed by atoms with van der Waals surface area (Å²) in [4.78, 5) is 26.2.